The first-order valence-electron chi connectivity index (χ1n) is 8.18. The molecule has 1 unspecified atom stereocenters. The molecule has 2 aromatic rings. The van der Waals surface area contributed by atoms with Gasteiger partial charge < -0.3 is 9.84 Å². The summed E-state index contributed by atoms with van der Waals surface area (Å²) in [6.45, 7) is 2.04. The van der Waals surface area contributed by atoms with Gasteiger partial charge in [0, 0.05) is 24.4 Å². The predicted octanol–water partition coefficient (Wildman–Crippen LogP) is 3.65. The summed E-state index contributed by atoms with van der Waals surface area (Å²) in [5.74, 6) is 0. The summed E-state index contributed by atoms with van der Waals surface area (Å²) < 4.78 is 6.17. The van der Waals surface area contributed by atoms with Gasteiger partial charge in [-0.05, 0) is 29.7 Å². The zero-order valence-electron chi connectivity index (χ0n) is 13.6. The molecule has 1 saturated heterocycles. The normalized spacial score (nSPS) is 24.9. The maximum Gasteiger partial charge on any atom is 0.118 e. The first-order valence-corrected chi connectivity index (χ1v) is 9.37. The second kappa shape index (κ2) is 7.95. The lowest BCUT2D eigenvalue weighted by Crippen LogP contribution is -2.54. The minimum Gasteiger partial charge on any atom is -0.382 e. The third-order valence-corrected chi connectivity index (χ3v) is 5.43. The van der Waals surface area contributed by atoms with E-state index in [9.17, 15) is 5.11 Å². The number of hydrogen-bond donors (Lipinski definition) is 1. The third kappa shape index (κ3) is 3.99. The van der Waals surface area contributed by atoms with Crippen molar-refractivity contribution in [1.29, 1.82) is 0 Å². The molecule has 0 saturated carbocycles. The number of aliphatic hydroxyl groups is 1. The fraction of sp³-hybridized carbons (Fsp3) is 0.368. The SMILES string of the molecule is O[C@@]1(c2ccc(Cl)cc2)CCN(CP)C[C@H]1OCc1ccccc1. The quantitative estimate of drug-likeness (QED) is 0.823. The van der Waals surface area contributed by atoms with E-state index in [1.165, 1.54) is 0 Å². The van der Waals surface area contributed by atoms with Crippen molar-refractivity contribution in [2.24, 2.45) is 0 Å². The topological polar surface area (TPSA) is 32.7 Å². The van der Waals surface area contributed by atoms with E-state index in [1.807, 2.05) is 54.6 Å². The van der Waals surface area contributed by atoms with Crippen LogP contribution < -0.4 is 0 Å². The Hall–Kier alpha value is -0.960. The molecule has 5 heteroatoms. The van der Waals surface area contributed by atoms with Gasteiger partial charge in [-0.1, -0.05) is 54.1 Å². The molecule has 2 aromatic carbocycles. The molecule has 3 nitrogen and oxygen atoms in total. The van der Waals surface area contributed by atoms with E-state index >= 15 is 0 Å². The lowest BCUT2D eigenvalue weighted by Gasteiger charge is -2.44. The van der Waals surface area contributed by atoms with Crippen molar-refractivity contribution in [1.82, 2.24) is 4.90 Å². The Morgan fingerprint density at radius 1 is 1.17 bits per heavy atom. The van der Waals surface area contributed by atoms with Gasteiger partial charge in [0.05, 0.1) is 6.61 Å². The van der Waals surface area contributed by atoms with Crippen LogP contribution in [0.2, 0.25) is 5.02 Å². The monoisotopic (exact) mass is 363 g/mol. The lowest BCUT2D eigenvalue weighted by atomic mass is 9.82. The van der Waals surface area contributed by atoms with Crippen LogP contribution in [0.1, 0.15) is 17.5 Å². The average Bonchev–Trinajstić information content (AvgIpc) is 2.62. The summed E-state index contributed by atoms with van der Waals surface area (Å²) >= 11 is 6.00. The maximum absolute atomic E-state index is 11.4. The van der Waals surface area contributed by atoms with Gasteiger partial charge >= 0.3 is 0 Å². The van der Waals surface area contributed by atoms with E-state index in [1.54, 1.807) is 0 Å². The second-order valence-electron chi connectivity index (χ2n) is 6.23. The number of ether oxygens (including phenoxy) is 1. The zero-order chi connectivity index (χ0) is 17.0. The molecule has 3 atom stereocenters. The first kappa shape index (κ1) is 17.8. The lowest BCUT2D eigenvalue weighted by molar-refractivity contribution is -0.154. The van der Waals surface area contributed by atoms with Crippen LogP contribution in [-0.4, -0.2) is 35.5 Å². The molecule has 1 fully saturated rings. The molecule has 0 aliphatic carbocycles. The highest BCUT2D eigenvalue weighted by molar-refractivity contribution is 7.16. The van der Waals surface area contributed by atoms with Crippen molar-refractivity contribution in [3.63, 3.8) is 0 Å². The fourth-order valence-electron chi connectivity index (χ4n) is 3.16. The number of nitrogens with zero attached hydrogens (tertiary/aromatic N) is 1. The van der Waals surface area contributed by atoms with Gasteiger partial charge in [0.1, 0.15) is 11.7 Å². The summed E-state index contributed by atoms with van der Waals surface area (Å²) in [6.07, 6.45) is 1.23. The summed E-state index contributed by atoms with van der Waals surface area (Å²) in [5.41, 5.74) is 0.989. The van der Waals surface area contributed by atoms with Gasteiger partial charge in [-0.15, -0.1) is 9.24 Å². The van der Waals surface area contributed by atoms with Crippen LogP contribution in [0.3, 0.4) is 0 Å². The van der Waals surface area contributed by atoms with E-state index < -0.39 is 5.60 Å². The molecule has 1 aliphatic heterocycles. The summed E-state index contributed by atoms with van der Waals surface area (Å²) in [4.78, 5) is 2.28. The highest BCUT2D eigenvalue weighted by atomic mass is 35.5. The molecular formula is C19H23ClNO2P. The number of halogens is 1. The predicted molar refractivity (Wildman–Crippen MR) is 101 cm³/mol. The van der Waals surface area contributed by atoms with Crippen molar-refractivity contribution in [2.75, 3.05) is 19.4 Å². The summed E-state index contributed by atoms with van der Waals surface area (Å²) in [6, 6.07) is 17.5. The summed E-state index contributed by atoms with van der Waals surface area (Å²) in [7, 11) is 2.75. The van der Waals surface area contributed by atoms with Crippen molar-refractivity contribution in [3.8, 4) is 0 Å². The Bertz CT molecular complexity index is 652. The second-order valence-corrected chi connectivity index (χ2v) is 7.03. The Kier molecular flexibility index (Phi) is 5.91. The minimum absolute atomic E-state index is 0.284. The molecule has 0 aromatic heterocycles. The van der Waals surface area contributed by atoms with E-state index in [0.717, 1.165) is 24.0 Å². The molecule has 1 N–H and O–H groups in total. The van der Waals surface area contributed by atoms with E-state index in [-0.39, 0.29) is 6.10 Å². The Morgan fingerprint density at radius 3 is 2.54 bits per heavy atom. The zero-order valence-corrected chi connectivity index (χ0v) is 15.5. The van der Waals surface area contributed by atoms with Gasteiger partial charge in [-0.2, -0.15) is 0 Å². The number of rotatable bonds is 5. The van der Waals surface area contributed by atoms with E-state index in [2.05, 4.69) is 14.1 Å². The first-order chi connectivity index (χ1) is 11.6. The van der Waals surface area contributed by atoms with Crippen molar-refractivity contribution in [2.45, 2.75) is 24.7 Å². The molecule has 1 heterocycles. The highest BCUT2D eigenvalue weighted by Gasteiger charge is 2.43. The molecule has 128 valence electrons. The molecule has 1 aliphatic rings. The average molecular weight is 364 g/mol. The van der Waals surface area contributed by atoms with Gasteiger partial charge in [-0.3, -0.25) is 4.90 Å². The fourth-order valence-corrected chi connectivity index (χ4v) is 3.62. The van der Waals surface area contributed by atoms with Gasteiger partial charge in [-0.25, -0.2) is 0 Å². The summed E-state index contributed by atoms with van der Waals surface area (Å²) in [5, 5.41) is 12.1. The third-order valence-electron chi connectivity index (χ3n) is 4.66. The van der Waals surface area contributed by atoms with Crippen LogP contribution >= 0.6 is 20.8 Å². The molecule has 3 rings (SSSR count). The van der Waals surface area contributed by atoms with Crippen molar-refractivity contribution < 1.29 is 9.84 Å². The van der Waals surface area contributed by atoms with Crippen molar-refractivity contribution in [3.05, 3.63) is 70.7 Å². The van der Waals surface area contributed by atoms with Crippen LogP contribution in [0, 0.1) is 0 Å². The molecule has 0 radical (unpaired) electrons. The van der Waals surface area contributed by atoms with Crippen LogP contribution in [0.15, 0.2) is 54.6 Å². The largest absolute Gasteiger partial charge is 0.382 e. The van der Waals surface area contributed by atoms with Crippen LogP contribution in [0.4, 0.5) is 0 Å². The molecule has 0 spiro atoms. The number of likely N-dealkylation sites (tertiary alicyclic amines) is 1. The van der Waals surface area contributed by atoms with Gasteiger partial charge in [0.15, 0.2) is 0 Å². The van der Waals surface area contributed by atoms with Crippen LogP contribution in [0.25, 0.3) is 0 Å². The van der Waals surface area contributed by atoms with Crippen LogP contribution in [-0.2, 0) is 16.9 Å². The van der Waals surface area contributed by atoms with E-state index in [0.29, 0.717) is 24.6 Å². The molecular weight excluding hydrogens is 341 g/mol. The minimum atomic E-state index is -0.990. The Labute approximate surface area is 150 Å². The van der Waals surface area contributed by atoms with E-state index in [4.69, 9.17) is 16.3 Å². The smallest absolute Gasteiger partial charge is 0.118 e. The molecule has 0 bridgehead atoms. The van der Waals surface area contributed by atoms with Gasteiger partial charge in [0.2, 0.25) is 0 Å². The Balaban J connectivity index is 1.80. The highest BCUT2D eigenvalue weighted by Crippen LogP contribution is 2.36. The number of benzene rings is 2. The number of hydrogen-bond acceptors (Lipinski definition) is 3. The van der Waals surface area contributed by atoms with Crippen molar-refractivity contribution >= 4 is 20.8 Å². The van der Waals surface area contributed by atoms with Gasteiger partial charge in [0.25, 0.3) is 0 Å². The van der Waals surface area contributed by atoms with Crippen LogP contribution in [0.5, 0.6) is 0 Å². The standard InChI is InChI=1S/C19H23ClNO2P/c20-17-8-6-16(7-9-17)19(22)10-11-21(14-24)12-18(19)23-13-15-4-2-1-3-5-15/h1-9,18,22H,10-14,24H2/t18-,19-/m1/s1. The molecule has 0 amide bonds. The number of piperidine rings is 1. The molecule has 24 heavy (non-hydrogen) atoms. The Morgan fingerprint density at radius 2 is 1.88 bits per heavy atom. The maximum atomic E-state index is 11.4.